The highest BCUT2D eigenvalue weighted by molar-refractivity contribution is 5.68. The number of likely N-dealkylation sites (tertiary alicyclic amines) is 1. The molecular weight excluding hydrogens is 182 g/mol. The minimum Gasteiger partial charge on any atom is -0.444 e. The predicted molar refractivity (Wildman–Crippen MR) is 52.7 cm³/mol. The molecule has 1 amide bonds. The van der Waals surface area contributed by atoms with Crippen molar-refractivity contribution < 1.29 is 14.6 Å². The van der Waals surface area contributed by atoms with E-state index >= 15 is 0 Å². The third-order valence-electron chi connectivity index (χ3n) is 2.11. The summed E-state index contributed by atoms with van der Waals surface area (Å²) in [5.41, 5.74) is -0.497. The molecule has 14 heavy (non-hydrogen) atoms. The van der Waals surface area contributed by atoms with Crippen molar-refractivity contribution in [3.8, 4) is 0 Å². The second-order valence-electron chi connectivity index (χ2n) is 4.95. The Balaban J connectivity index is 2.53. The molecule has 82 valence electrons. The molecule has 0 aromatic rings. The smallest absolute Gasteiger partial charge is 0.412 e. The molecule has 1 fully saturated rings. The van der Waals surface area contributed by atoms with Crippen molar-refractivity contribution >= 4 is 6.09 Å². The van der Waals surface area contributed by atoms with Crippen LogP contribution in [0.4, 0.5) is 4.79 Å². The van der Waals surface area contributed by atoms with E-state index in [1.54, 1.807) is 0 Å². The zero-order valence-corrected chi connectivity index (χ0v) is 9.28. The molecule has 1 heterocycles. The van der Waals surface area contributed by atoms with E-state index in [0.29, 0.717) is 18.9 Å². The second kappa shape index (κ2) is 3.77. The molecule has 0 aliphatic carbocycles. The first-order chi connectivity index (χ1) is 6.29. The van der Waals surface area contributed by atoms with Gasteiger partial charge in [-0.05, 0) is 33.1 Å². The summed E-state index contributed by atoms with van der Waals surface area (Å²) in [5.74, 6) is 0.345. The van der Waals surface area contributed by atoms with Crippen LogP contribution in [-0.4, -0.2) is 34.5 Å². The van der Waals surface area contributed by atoms with Crippen LogP contribution in [0.3, 0.4) is 0 Å². The van der Waals surface area contributed by atoms with Crippen LogP contribution in [0, 0.1) is 5.92 Å². The molecule has 0 aromatic heterocycles. The normalized spacial score (nSPS) is 27.9. The second-order valence-corrected chi connectivity index (χ2v) is 4.95. The third-order valence-corrected chi connectivity index (χ3v) is 2.11. The number of amides is 1. The van der Waals surface area contributed by atoms with Gasteiger partial charge in [0.25, 0.3) is 0 Å². The maximum Gasteiger partial charge on any atom is 0.412 e. The van der Waals surface area contributed by atoms with E-state index in [4.69, 9.17) is 4.74 Å². The van der Waals surface area contributed by atoms with Gasteiger partial charge < -0.3 is 9.84 Å². The lowest BCUT2D eigenvalue weighted by atomic mass is 10.1. The summed E-state index contributed by atoms with van der Waals surface area (Å²) in [6.07, 6.45) is -0.464. The van der Waals surface area contributed by atoms with Gasteiger partial charge in [0.1, 0.15) is 11.8 Å². The van der Waals surface area contributed by atoms with E-state index in [1.807, 2.05) is 27.7 Å². The maximum absolute atomic E-state index is 11.6. The SMILES string of the molecule is C[C@H]1C[C@@H](O)N(C(=O)OC(C)(C)C)C1. The molecule has 4 heteroatoms. The van der Waals surface area contributed by atoms with E-state index in [1.165, 1.54) is 4.90 Å². The van der Waals surface area contributed by atoms with Gasteiger partial charge >= 0.3 is 6.09 Å². The highest BCUT2D eigenvalue weighted by Gasteiger charge is 2.34. The van der Waals surface area contributed by atoms with E-state index in [0.717, 1.165) is 0 Å². The average Bonchev–Trinajstić information content (AvgIpc) is 2.26. The zero-order valence-electron chi connectivity index (χ0n) is 9.28. The number of hydrogen-bond acceptors (Lipinski definition) is 3. The molecule has 0 bridgehead atoms. The van der Waals surface area contributed by atoms with Gasteiger partial charge in [-0.2, -0.15) is 0 Å². The standard InChI is InChI=1S/C10H19NO3/c1-7-5-8(12)11(6-7)9(13)14-10(2,3)4/h7-8,12H,5-6H2,1-4H3/t7-,8+/m0/s1. The number of aliphatic hydroxyl groups is 1. The van der Waals surface area contributed by atoms with Crippen LogP contribution >= 0.6 is 0 Å². The summed E-state index contributed by atoms with van der Waals surface area (Å²) in [5, 5.41) is 9.55. The molecular formula is C10H19NO3. The Morgan fingerprint density at radius 1 is 1.50 bits per heavy atom. The number of carbonyl (C=O) groups is 1. The fourth-order valence-corrected chi connectivity index (χ4v) is 1.54. The summed E-state index contributed by atoms with van der Waals surface area (Å²) in [7, 11) is 0. The van der Waals surface area contributed by atoms with Crippen molar-refractivity contribution in [1.82, 2.24) is 4.90 Å². The van der Waals surface area contributed by atoms with E-state index in [9.17, 15) is 9.90 Å². The molecule has 4 nitrogen and oxygen atoms in total. The summed E-state index contributed by atoms with van der Waals surface area (Å²) in [6, 6.07) is 0. The van der Waals surface area contributed by atoms with Gasteiger partial charge in [-0.1, -0.05) is 6.92 Å². The summed E-state index contributed by atoms with van der Waals surface area (Å²) in [6.45, 7) is 8.04. The van der Waals surface area contributed by atoms with Crippen molar-refractivity contribution in [2.24, 2.45) is 5.92 Å². The molecule has 1 aliphatic rings. The lowest BCUT2D eigenvalue weighted by Crippen LogP contribution is -2.39. The third kappa shape index (κ3) is 2.87. The highest BCUT2D eigenvalue weighted by Crippen LogP contribution is 2.23. The van der Waals surface area contributed by atoms with Crippen LogP contribution in [0.15, 0.2) is 0 Å². The quantitative estimate of drug-likeness (QED) is 0.647. The molecule has 0 unspecified atom stereocenters. The average molecular weight is 201 g/mol. The van der Waals surface area contributed by atoms with Gasteiger partial charge in [-0.15, -0.1) is 0 Å². The van der Waals surface area contributed by atoms with Crippen molar-refractivity contribution in [3.63, 3.8) is 0 Å². The largest absolute Gasteiger partial charge is 0.444 e. The summed E-state index contributed by atoms with van der Waals surface area (Å²) < 4.78 is 5.17. The van der Waals surface area contributed by atoms with Crippen molar-refractivity contribution in [3.05, 3.63) is 0 Å². The molecule has 1 N–H and O–H groups in total. The molecule has 0 radical (unpaired) electrons. The fraction of sp³-hybridized carbons (Fsp3) is 0.900. The number of rotatable bonds is 0. The Morgan fingerprint density at radius 3 is 2.43 bits per heavy atom. The first-order valence-electron chi connectivity index (χ1n) is 4.97. The van der Waals surface area contributed by atoms with E-state index in [2.05, 4.69) is 0 Å². The Hall–Kier alpha value is -0.770. The topological polar surface area (TPSA) is 49.8 Å². The summed E-state index contributed by atoms with van der Waals surface area (Å²) in [4.78, 5) is 12.9. The number of ether oxygens (including phenoxy) is 1. The van der Waals surface area contributed by atoms with Gasteiger partial charge in [0.15, 0.2) is 0 Å². The zero-order chi connectivity index (χ0) is 10.9. The maximum atomic E-state index is 11.6. The number of carbonyl (C=O) groups excluding carboxylic acids is 1. The first kappa shape index (κ1) is 11.3. The van der Waals surface area contributed by atoms with Crippen LogP contribution in [0.1, 0.15) is 34.1 Å². The van der Waals surface area contributed by atoms with Gasteiger partial charge in [0.2, 0.25) is 0 Å². The molecule has 0 saturated carbocycles. The fourth-order valence-electron chi connectivity index (χ4n) is 1.54. The Bertz CT molecular complexity index is 222. The Morgan fingerprint density at radius 2 is 2.07 bits per heavy atom. The summed E-state index contributed by atoms with van der Waals surface area (Å²) >= 11 is 0. The molecule has 1 aliphatic heterocycles. The van der Waals surface area contributed by atoms with E-state index < -0.39 is 17.9 Å². The van der Waals surface area contributed by atoms with Gasteiger partial charge in [0, 0.05) is 6.54 Å². The van der Waals surface area contributed by atoms with Crippen molar-refractivity contribution in [2.75, 3.05) is 6.54 Å². The number of hydrogen-bond donors (Lipinski definition) is 1. The minimum atomic E-state index is -0.681. The highest BCUT2D eigenvalue weighted by atomic mass is 16.6. The van der Waals surface area contributed by atoms with Crippen LogP contribution in [0.25, 0.3) is 0 Å². The van der Waals surface area contributed by atoms with Gasteiger partial charge in [-0.25, -0.2) is 4.79 Å². The lowest BCUT2D eigenvalue weighted by Gasteiger charge is -2.26. The molecule has 1 saturated heterocycles. The number of nitrogens with zero attached hydrogens (tertiary/aromatic N) is 1. The number of aliphatic hydroxyl groups excluding tert-OH is 1. The Kier molecular flexibility index (Phi) is 3.04. The molecule has 0 aromatic carbocycles. The molecule has 0 spiro atoms. The predicted octanol–water partition coefficient (Wildman–Crippen LogP) is 1.58. The first-order valence-corrected chi connectivity index (χ1v) is 4.97. The monoisotopic (exact) mass is 201 g/mol. The Labute approximate surface area is 84.8 Å². The lowest BCUT2D eigenvalue weighted by molar-refractivity contribution is -0.0128. The van der Waals surface area contributed by atoms with E-state index in [-0.39, 0.29) is 0 Å². The molecule has 2 atom stereocenters. The minimum absolute atomic E-state index is 0.345. The van der Waals surface area contributed by atoms with Gasteiger partial charge in [-0.3, -0.25) is 4.90 Å². The van der Waals surface area contributed by atoms with Crippen molar-refractivity contribution in [2.45, 2.75) is 45.9 Å². The van der Waals surface area contributed by atoms with Crippen LogP contribution in [-0.2, 0) is 4.74 Å². The van der Waals surface area contributed by atoms with Gasteiger partial charge in [0.05, 0.1) is 0 Å². The molecule has 1 rings (SSSR count). The van der Waals surface area contributed by atoms with Crippen LogP contribution in [0.5, 0.6) is 0 Å². The van der Waals surface area contributed by atoms with Crippen LogP contribution in [0.2, 0.25) is 0 Å². The van der Waals surface area contributed by atoms with Crippen LogP contribution < -0.4 is 0 Å². The van der Waals surface area contributed by atoms with Crippen molar-refractivity contribution in [1.29, 1.82) is 0 Å².